The molecule has 0 aromatic heterocycles. The van der Waals surface area contributed by atoms with E-state index in [2.05, 4.69) is 42.1 Å². The van der Waals surface area contributed by atoms with Gasteiger partial charge in [-0.05, 0) is 37.9 Å². The van der Waals surface area contributed by atoms with E-state index in [4.69, 9.17) is 11.5 Å². The summed E-state index contributed by atoms with van der Waals surface area (Å²) in [7, 11) is 0. The Bertz CT molecular complexity index is 470. The molecule has 0 unspecified atom stereocenters. The number of nitrogens with two attached hydrogens (primary N) is 2. The minimum atomic E-state index is -0.187. The molecule has 6 N–H and O–H groups in total. The first-order valence-electron chi connectivity index (χ1n) is 3.95. The van der Waals surface area contributed by atoms with Gasteiger partial charge in [-0.25, -0.2) is 0 Å². The topological polar surface area (TPSA) is 117 Å². The van der Waals surface area contributed by atoms with Crippen LogP contribution in [0.4, 0.5) is 0 Å². The van der Waals surface area contributed by atoms with Crippen LogP contribution >= 0.6 is 31.9 Å². The zero-order valence-electron chi connectivity index (χ0n) is 7.85. The minimum Gasteiger partial charge on any atom is -0.506 e. The predicted octanol–water partition coefficient (Wildman–Crippen LogP) is 1.23. The summed E-state index contributed by atoms with van der Waals surface area (Å²) in [6.45, 7) is 0. The monoisotopic (exact) mass is 350 g/mol. The molecule has 0 aliphatic rings. The maximum atomic E-state index is 9.64. The van der Waals surface area contributed by atoms with E-state index in [-0.39, 0.29) is 21.9 Å². The number of hydrogen-bond acceptors (Lipinski definition) is 4. The Hall–Kier alpha value is -1.28. The Morgan fingerprint density at radius 3 is 2.44 bits per heavy atom. The van der Waals surface area contributed by atoms with Crippen LogP contribution < -0.4 is 11.5 Å². The van der Waals surface area contributed by atoms with Crippen molar-refractivity contribution in [3.05, 3.63) is 20.6 Å². The van der Waals surface area contributed by atoms with E-state index in [1.807, 2.05) is 0 Å². The average Bonchev–Trinajstić information content (AvgIpc) is 2.22. The van der Waals surface area contributed by atoms with Gasteiger partial charge in [0.15, 0.2) is 0 Å². The normalized spacial score (nSPS) is 10.6. The molecule has 16 heavy (non-hydrogen) atoms. The van der Waals surface area contributed by atoms with Crippen LogP contribution in [0.2, 0.25) is 0 Å². The van der Waals surface area contributed by atoms with Crippen LogP contribution in [0.3, 0.4) is 0 Å². The number of guanidine groups is 1. The zero-order valence-corrected chi connectivity index (χ0v) is 11.0. The lowest BCUT2D eigenvalue weighted by molar-refractivity contribution is 0.442. The fourth-order valence-electron chi connectivity index (χ4n) is 0.873. The molecule has 0 saturated carbocycles. The van der Waals surface area contributed by atoms with Gasteiger partial charge < -0.3 is 21.7 Å². The van der Waals surface area contributed by atoms with Gasteiger partial charge in [0.05, 0.1) is 10.7 Å². The molecule has 0 heterocycles. The van der Waals surface area contributed by atoms with Crippen LogP contribution in [0, 0.1) is 0 Å². The molecule has 0 spiro atoms. The van der Waals surface area contributed by atoms with Crippen molar-refractivity contribution in [1.82, 2.24) is 0 Å². The summed E-state index contributed by atoms with van der Waals surface area (Å²) in [5.74, 6) is -0.445. The maximum Gasteiger partial charge on any atom is 0.211 e. The molecule has 8 heteroatoms. The molecule has 1 rings (SSSR count). The molecule has 1 aromatic carbocycles. The predicted molar refractivity (Wildman–Crippen MR) is 68.6 cm³/mol. The molecule has 0 saturated heterocycles. The highest BCUT2D eigenvalue weighted by Gasteiger charge is 2.12. The Morgan fingerprint density at radius 1 is 1.25 bits per heavy atom. The van der Waals surface area contributed by atoms with Crippen molar-refractivity contribution in [2.75, 3.05) is 0 Å². The Morgan fingerprint density at radius 2 is 1.88 bits per heavy atom. The fourth-order valence-corrected chi connectivity index (χ4v) is 2.03. The fraction of sp³-hybridized carbons (Fsp3) is 0. The third kappa shape index (κ3) is 2.86. The second-order valence-corrected chi connectivity index (χ2v) is 4.38. The summed E-state index contributed by atoms with van der Waals surface area (Å²) in [4.78, 5) is 0. The number of halogens is 2. The van der Waals surface area contributed by atoms with E-state index >= 15 is 0 Å². The summed E-state index contributed by atoms with van der Waals surface area (Å²) in [5, 5.41) is 26.0. The van der Waals surface area contributed by atoms with Gasteiger partial charge in [-0.1, -0.05) is 0 Å². The third-order valence-electron chi connectivity index (χ3n) is 1.57. The molecule has 0 radical (unpaired) electrons. The second-order valence-electron chi connectivity index (χ2n) is 2.73. The van der Waals surface area contributed by atoms with E-state index in [9.17, 15) is 10.2 Å². The first kappa shape index (κ1) is 12.8. The van der Waals surface area contributed by atoms with E-state index in [0.29, 0.717) is 10.0 Å². The standard InChI is InChI=1S/C8H8Br2N4O2/c9-4-1-3(2-13-14-8(11)12)6(15)5(10)7(4)16/h1-2,15-16H,(H4,11,12,14)/b13-2+. The molecule has 0 amide bonds. The summed E-state index contributed by atoms with van der Waals surface area (Å²) in [6.07, 6.45) is 1.25. The summed E-state index contributed by atoms with van der Waals surface area (Å²) < 4.78 is 0.566. The van der Waals surface area contributed by atoms with Gasteiger partial charge in [0.1, 0.15) is 16.0 Å². The zero-order chi connectivity index (χ0) is 12.3. The molecule has 6 nitrogen and oxygen atoms in total. The van der Waals surface area contributed by atoms with Crippen molar-refractivity contribution < 1.29 is 10.2 Å². The van der Waals surface area contributed by atoms with Gasteiger partial charge >= 0.3 is 0 Å². The van der Waals surface area contributed by atoms with Crippen molar-refractivity contribution in [3.63, 3.8) is 0 Å². The van der Waals surface area contributed by atoms with Crippen molar-refractivity contribution in [3.8, 4) is 11.5 Å². The summed E-state index contributed by atoms with van der Waals surface area (Å²) in [6, 6.07) is 1.47. The second kappa shape index (κ2) is 5.17. The van der Waals surface area contributed by atoms with Crippen LogP contribution in [0.5, 0.6) is 11.5 Å². The van der Waals surface area contributed by atoms with Crippen molar-refractivity contribution in [2.24, 2.45) is 21.7 Å². The molecular formula is C8H8Br2N4O2. The van der Waals surface area contributed by atoms with E-state index in [1.165, 1.54) is 12.3 Å². The Labute approximate surface area is 108 Å². The van der Waals surface area contributed by atoms with Crippen LogP contribution in [-0.4, -0.2) is 22.4 Å². The first-order chi connectivity index (χ1) is 7.43. The van der Waals surface area contributed by atoms with Crippen LogP contribution in [0.15, 0.2) is 25.2 Å². The smallest absolute Gasteiger partial charge is 0.211 e. The quantitative estimate of drug-likeness (QED) is 0.364. The average molecular weight is 352 g/mol. The third-order valence-corrected chi connectivity index (χ3v) is 2.92. The van der Waals surface area contributed by atoms with Crippen molar-refractivity contribution in [2.45, 2.75) is 0 Å². The number of benzene rings is 1. The largest absolute Gasteiger partial charge is 0.506 e. The number of nitrogens with zero attached hydrogens (tertiary/aromatic N) is 2. The highest BCUT2D eigenvalue weighted by Crippen LogP contribution is 2.40. The van der Waals surface area contributed by atoms with Gasteiger partial charge in [0.25, 0.3) is 0 Å². The molecule has 86 valence electrons. The van der Waals surface area contributed by atoms with Gasteiger partial charge in [0, 0.05) is 5.56 Å². The highest BCUT2D eigenvalue weighted by molar-refractivity contribution is 9.11. The molecule has 0 aliphatic heterocycles. The first-order valence-corrected chi connectivity index (χ1v) is 5.54. The number of phenolic OH excluding ortho intramolecular Hbond substituents is 2. The van der Waals surface area contributed by atoms with Gasteiger partial charge in [-0.2, -0.15) is 5.10 Å². The molecule has 0 bridgehead atoms. The van der Waals surface area contributed by atoms with E-state index < -0.39 is 0 Å². The SMILES string of the molecule is NC(N)=N/N=C/c1cc(Br)c(O)c(Br)c1O. The number of aromatic hydroxyl groups is 2. The molecular weight excluding hydrogens is 344 g/mol. The van der Waals surface area contributed by atoms with Crippen molar-refractivity contribution in [1.29, 1.82) is 0 Å². The highest BCUT2D eigenvalue weighted by atomic mass is 79.9. The van der Waals surface area contributed by atoms with Crippen LogP contribution in [0.1, 0.15) is 5.56 Å². The van der Waals surface area contributed by atoms with E-state index in [0.717, 1.165) is 0 Å². The summed E-state index contributed by atoms with van der Waals surface area (Å²) >= 11 is 6.14. The molecule has 0 aliphatic carbocycles. The molecule has 0 atom stereocenters. The van der Waals surface area contributed by atoms with Crippen molar-refractivity contribution >= 4 is 44.0 Å². The number of hydrogen-bond donors (Lipinski definition) is 4. The molecule has 0 fully saturated rings. The molecule has 1 aromatic rings. The number of rotatable bonds is 2. The Kier molecular flexibility index (Phi) is 4.13. The van der Waals surface area contributed by atoms with Gasteiger partial charge in [-0.3, -0.25) is 0 Å². The van der Waals surface area contributed by atoms with Gasteiger partial charge in [-0.15, -0.1) is 5.10 Å². The Balaban J connectivity index is 3.16. The number of phenols is 2. The lowest BCUT2D eigenvalue weighted by atomic mass is 10.2. The van der Waals surface area contributed by atoms with Gasteiger partial charge in [0.2, 0.25) is 5.96 Å². The van der Waals surface area contributed by atoms with Crippen LogP contribution in [-0.2, 0) is 0 Å². The maximum absolute atomic E-state index is 9.64. The minimum absolute atomic E-state index is 0.100. The summed E-state index contributed by atoms with van der Waals surface area (Å²) in [5.41, 5.74) is 10.5. The van der Waals surface area contributed by atoms with Crippen LogP contribution in [0.25, 0.3) is 0 Å². The lowest BCUT2D eigenvalue weighted by Gasteiger charge is -2.05. The van der Waals surface area contributed by atoms with E-state index in [1.54, 1.807) is 0 Å². The lowest BCUT2D eigenvalue weighted by Crippen LogP contribution is -2.21.